The highest BCUT2D eigenvalue weighted by Crippen LogP contribution is 1.92. The van der Waals surface area contributed by atoms with Gasteiger partial charge in [0.1, 0.15) is 0 Å². The summed E-state index contributed by atoms with van der Waals surface area (Å²) >= 11 is 0. The summed E-state index contributed by atoms with van der Waals surface area (Å²) in [6.07, 6.45) is 0.397. The van der Waals surface area contributed by atoms with Crippen LogP contribution < -0.4 is 10.6 Å². The van der Waals surface area contributed by atoms with E-state index < -0.39 is 0 Å². The van der Waals surface area contributed by atoms with Crippen LogP contribution >= 0.6 is 0 Å². The topological polar surface area (TPSA) is 84.5 Å². The predicted octanol–water partition coefficient (Wildman–Crippen LogP) is -0.418. The second-order valence-corrected chi connectivity index (χ2v) is 3.08. The third kappa shape index (κ3) is 7.78. The smallest absolute Gasteiger partial charge is 0.306 e. The monoisotopic (exact) mass is 230 g/mol. The van der Waals surface area contributed by atoms with Crippen molar-refractivity contribution < 1.29 is 19.1 Å². The maximum absolute atomic E-state index is 11.2. The normalized spacial score (nSPS) is 9.38. The average Bonchev–Trinajstić information content (AvgIpc) is 2.26. The molecule has 0 aromatic heterocycles. The minimum absolute atomic E-state index is 0.0691. The minimum atomic E-state index is -0.385. The fourth-order valence-electron chi connectivity index (χ4n) is 0.978. The molecule has 6 nitrogen and oxygen atoms in total. The Hall–Kier alpha value is -1.59. The van der Waals surface area contributed by atoms with Gasteiger partial charge in [-0.2, -0.15) is 0 Å². The Morgan fingerprint density at radius 1 is 1.06 bits per heavy atom. The van der Waals surface area contributed by atoms with Crippen LogP contribution in [-0.2, 0) is 19.1 Å². The molecule has 2 N–H and O–H groups in total. The Balaban J connectivity index is 3.52. The SMILES string of the molecule is CCOC(=O)CCC(=O)NCCC(=O)NC. The van der Waals surface area contributed by atoms with E-state index in [4.69, 9.17) is 0 Å². The predicted molar refractivity (Wildman–Crippen MR) is 57.6 cm³/mol. The summed E-state index contributed by atoms with van der Waals surface area (Å²) in [5.74, 6) is -0.772. The molecule has 0 aromatic carbocycles. The number of ether oxygens (including phenoxy) is 1. The van der Waals surface area contributed by atoms with Crippen molar-refractivity contribution in [2.75, 3.05) is 20.2 Å². The molecule has 0 atom stereocenters. The Morgan fingerprint density at radius 2 is 1.75 bits per heavy atom. The van der Waals surface area contributed by atoms with E-state index in [0.717, 1.165) is 0 Å². The van der Waals surface area contributed by atoms with Crippen LogP contribution in [0.4, 0.5) is 0 Å². The molecule has 0 aliphatic carbocycles. The van der Waals surface area contributed by atoms with Crippen LogP contribution in [0.15, 0.2) is 0 Å². The third-order valence-electron chi connectivity index (χ3n) is 1.81. The first-order chi connectivity index (χ1) is 7.60. The van der Waals surface area contributed by atoms with Crippen molar-refractivity contribution in [1.82, 2.24) is 10.6 Å². The molecule has 0 saturated heterocycles. The van der Waals surface area contributed by atoms with Gasteiger partial charge in [-0.25, -0.2) is 0 Å². The largest absolute Gasteiger partial charge is 0.466 e. The van der Waals surface area contributed by atoms with Gasteiger partial charge in [0, 0.05) is 26.4 Å². The van der Waals surface area contributed by atoms with Crippen LogP contribution in [0.3, 0.4) is 0 Å². The Bertz CT molecular complexity index is 253. The highest BCUT2D eigenvalue weighted by molar-refractivity contribution is 5.82. The molecular weight excluding hydrogens is 212 g/mol. The molecule has 0 fully saturated rings. The molecule has 0 aliphatic heterocycles. The van der Waals surface area contributed by atoms with E-state index in [1.807, 2.05) is 0 Å². The van der Waals surface area contributed by atoms with Crippen molar-refractivity contribution >= 4 is 17.8 Å². The maximum atomic E-state index is 11.2. The zero-order chi connectivity index (χ0) is 12.4. The lowest BCUT2D eigenvalue weighted by atomic mass is 10.3. The van der Waals surface area contributed by atoms with Crippen molar-refractivity contribution in [2.45, 2.75) is 26.2 Å². The first-order valence-corrected chi connectivity index (χ1v) is 5.23. The zero-order valence-electron chi connectivity index (χ0n) is 9.67. The second-order valence-electron chi connectivity index (χ2n) is 3.08. The molecule has 0 radical (unpaired) electrons. The highest BCUT2D eigenvalue weighted by atomic mass is 16.5. The molecular formula is C10H18N2O4. The van der Waals surface area contributed by atoms with Gasteiger partial charge in [-0.3, -0.25) is 14.4 Å². The van der Waals surface area contributed by atoms with Crippen molar-refractivity contribution in [1.29, 1.82) is 0 Å². The van der Waals surface area contributed by atoms with Crippen molar-refractivity contribution in [3.05, 3.63) is 0 Å². The van der Waals surface area contributed by atoms with E-state index in [9.17, 15) is 14.4 Å². The number of amides is 2. The maximum Gasteiger partial charge on any atom is 0.306 e. The fourth-order valence-corrected chi connectivity index (χ4v) is 0.978. The molecule has 0 spiro atoms. The molecule has 0 aromatic rings. The third-order valence-corrected chi connectivity index (χ3v) is 1.81. The Labute approximate surface area is 94.7 Å². The minimum Gasteiger partial charge on any atom is -0.466 e. The summed E-state index contributed by atoms with van der Waals surface area (Å²) in [4.78, 5) is 32.9. The van der Waals surface area contributed by atoms with Crippen LogP contribution in [-0.4, -0.2) is 38.0 Å². The molecule has 0 bridgehead atoms. The van der Waals surface area contributed by atoms with E-state index >= 15 is 0 Å². The van der Waals surface area contributed by atoms with Crippen LogP contribution in [0, 0.1) is 0 Å². The van der Waals surface area contributed by atoms with Gasteiger partial charge in [-0.05, 0) is 6.92 Å². The van der Waals surface area contributed by atoms with Gasteiger partial charge in [-0.1, -0.05) is 0 Å². The van der Waals surface area contributed by atoms with Crippen LogP contribution in [0.2, 0.25) is 0 Å². The molecule has 16 heavy (non-hydrogen) atoms. The highest BCUT2D eigenvalue weighted by Gasteiger charge is 2.07. The van der Waals surface area contributed by atoms with Gasteiger partial charge in [0.05, 0.1) is 13.0 Å². The Kier molecular flexibility index (Phi) is 7.83. The van der Waals surface area contributed by atoms with Gasteiger partial charge in [0.2, 0.25) is 11.8 Å². The van der Waals surface area contributed by atoms with Gasteiger partial charge >= 0.3 is 5.97 Å². The van der Waals surface area contributed by atoms with Gasteiger partial charge < -0.3 is 15.4 Å². The lowest BCUT2D eigenvalue weighted by Crippen LogP contribution is -2.29. The van der Waals surface area contributed by atoms with Gasteiger partial charge in [-0.15, -0.1) is 0 Å². The number of nitrogens with one attached hydrogen (secondary N) is 2. The van der Waals surface area contributed by atoms with E-state index in [1.165, 1.54) is 7.05 Å². The number of hydrogen-bond donors (Lipinski definition) is 2. The van der Waals surface area contributed by atoms with Crippen LogP contribution in [0.5, 0.6) is 0 Å². The van der Waals surface area contributed by atoms with Crippen LogP contribution in [0.1, 0.15) is 26.2 Å². The first kappa shape index (κ1) is 14.4. The lowest BCUT2D eigenvalue weighted by molar-refractivity contribution is -0.144. The number of esters is 1. The van der Waals surface area contributed by atoms with E-state index in [-0.39, 0.29) is 43.6 Å². The molecule has 0 unspecified atom stereocenters. The number of carbonyl (C=O) groups is 3. The quantitative estimate of drug-likeness (QED) is 0.582. The Morgan fingerprint density at radius 3 is 2.31 bits per heavy atom. The summed E-state index contributed by atoms with van der Waals surface area (Å²) in [6, 6.07) is 0. The lowest BCUT2D eigenvalue weighted by Gasteiger charge is -2.04. The van der Waals surface area contributed by atoms with Crippen molar-refractivity contribution in [3.8, 4) is 0 Å². The molecule has 0 aliphatic rings. The number of rotatable bonds is 7. The van der Waals surface area contributed by atoms with Gasteiger partial charge in [0.25, 0.3) is 0 Å². The number of hydrogen-bond acceptors (Lipinski definition) is 4. The second kappa shape index (κ2) is 8.70. The molecule has 0 heterocycles. The molecule has 0 rings (SSSR count). The molecule has 92 valence electrons. The van der Waals surface area contributed by atoms with Crippen LogP contribution in [0.25, 0.3) is 0 Å². The summed E-state index contributed by atoms with van der Waals surface area (Å²) in [5.41, 5.74) is 0. The summed E-state index contributed by atoms with van der Waals surface area (Å²) in [7, 11) is 1.53. The van der Waals surface area contributed by atoms with Gasteiger partial charge in [0.15, 0.2) is 0 Å². The molecule has 2 amide bonds. The average molecular weight is 230 g/mol. The summed E-state index contributed by atoms with van der Waals surface area (Å²) in [6.45, 7) is 2.31. The standard InChI is InChI=1S/C10H18N2O4/c1-3-16-10(15)5-4-9(14)12-7-6-8(13)11-2/h3-7H2,1-2H3,(H,11,13)(H,12,14). The van der Waals surface area contributed by atoms with E-state index in [1.54, 1.807) is 6.92 Å². The molecule has 6 heteroatoms. The zero-order valence-corrected chi connectivity index (χ0v) is 9.67. The van der Waals surface area contributed by atoms with E-state index in [2.05, 4.69) is 15.4 Å². The van der Waals surface area contributed by atoms with Crippen molar-refractivity contribution in [3.63, 3.8) is 0 Å². The summed E-state index contributed by atoms with van der Waals surface area (Å²) in [5, 5.41) is 4.98. The van der Waals surface area contributed by atoms with Crippen molar-refractivity contribution in [2.24, 2.45) is 0 Å². The summed E-state index contributed by atoms with van der Waals surface area (Å²) < 4.78 is 4.67. The van der Waals surface area contributed by atoms with E-state index in [0.29, 0.717) is 6.61 Å². The first-order valence-electron chi connectivity index (χ1n) is 5.23. The molecule has 0 saturated carbocycles. The fraction of sp³-hybridized carbons (Fsp3) is 0.700. The number of carbonyl (C=O) groups excluding carboxylic acids is 3.